The number of methoxy groups -OCH3 is 1. The van der Waals surface area contributed by atoms with Gasteiger partial charge in [0.15, 0.2) is 17.3 Å². The predicted octanol–water partition coefficient (Wildman–Crippen LogP) is 3.16. The Morgan fingerprint density at radius 3 is 2.44 bits per heavy atom. The van der Waals surface area contributed by atoms with Crippen LogP contribution in [-0.2, 0) is 30.8 Å². The molecule has 2 atom stereocenters. The molecule has 0 saturated carbocycles. The number of terminal acetylenes is 1. The highest BCUT2D eigenvalue weighted by atomic mass is 32.2. The smallest absolute Gasteiger partial charge is 0.288 e. The fraction of sp³-hybridized carbons (Fsp3) is 0.378. The summed E-state index contributed by atoms with van der Waals surface area (Å²) in [6.45, 7) is 2.85. The van der Waals surface area contributed by atoms with E-state index in [0.29, 0.717) is 38.3 Å². The molecule has 12 nitrogen and oxygen atoms in total. The molecule has 6 rings (SSSR count). The standard InChI is InChI=1S/C37H41N3O9S/c1-3-27-4-7-29(8-5-27)30-23-35(37(42)39-16-14-38(15-17-39)25-28-6-13-33-34(22-28)48-26-47-33)49-36(24-30)46-21-19-40(18-20-41)50(43,44)32-11-9-31(45-2)10-12-32/h1,4-13,22-23,30,36,41H,14-21,24-26H2,2H3/t30-,36+/m0/s1. The molecule has 1 amide bonds. The van der Waals surface area contributed by atoms with Crippen LogP contribution in [0.5, 0.6) is 17.2 Å². The van der Waals surface area contributed by atoms with E-state index in [1.807, 2.05) is 48.5 Å². The molecule has 1 saturated heterocycles. The summed E-state index contributed by atoms with van der Waals surface area (Å²) in [5.74, 6) is 4.41. The van der Waals surface area contributed by atoms with Gasteiger partial charge in [0.1, 0.15) is 5.75 Å². The third kappa shape index (κ3) is 8.23. The number of carbonyl (C=O) groups is 1. The predicted molar refractivity (Wildman–Crippen MR) is 184 cm³/mol. The summed E-state index contributed by atoms with van der Waals surface area (Å²) in [7, 11) is -2.42. The zero-order chi connectivity index (χ0) is 35.1. The Morgan fingerprint density at radius 2 is 1.74 bits per heavy atom. The lowest BCUT2D eigenvalue weighted by atomic mass is 9.92. The summed E-state index contributed by atoms with van der Waals surface area (Å²) >= 11 is 0. The van der Waals surface area contributed by atoms with Crippen molar-refractivity contribution in [2.45, 2.75) is 30.1 Å². The molecule has 3 aliphatic heterocycles. The van der Waals surface area contributed by atoms with Crippen LogP contribution < -0.4 is 14.2 Å². The summed E-state index contributed by atoms with van der Waals surface area (Å²) in [4.78, 5) is 18.0. The first kappa shape index (κ1) is 35.3. The lowest BCUT2D eigenvalue weighted by Gasteiger charge is -2.37. The Kier molecular flexibility index (Phi) is 11.3. The van der Waals surface area contributed by atoms with Crippen LogP contribution in [0.3, 0.4) is 0 Å². The molecular weight excluding hydrogens is 662 g/mol. The van der Waals surface area contributed by atoms with Crippen molar-refractivity contribution in [1.29, 1.82) is 0 Å². The molecule has 3 heterocycles. The number of benzene rings is 3. The number of fused-ring (bicyclic) bond motifs is 1. The van der Waals surface area contributed by atoms with E-state index in [0.717, 1.165) is 34.7 Å². The van der Waals surface area contributed by atoms with Crippen LogP contribution in [0.2, 0.25) is 0 Å². The second-order valence-corrected chi connectivity index (χ2v) is 14.1. The van der Waals surface area contributed by atoms with Crippen molar-refractivity contribution in [2.75, 3.05) is 66.4 Å². The average Bonchev–Trinajstić information content (AvgIpc) is 3.62. The minimum atomic E-state index is -3.92. The number of nitrogens with zero attached hydrogens (tertiary/aromatic N) is 3. The van der Waals surface area contributed by atoms with E-state index >= 15 is 0 Å². The van der Waals surface area contributed by atoms with Gasteiger partial charge in [0.25, 0.3) is 5.91 Å². The zero-order valence-corrected chi connectivity index (χ0v) is 28.7. The minimum absolute atomic E-state index is 0.0250. The Bertz CT molecular complexity index is 1820. The number of ether oxygens (including phenoxy) is 5. The van der Waals surface area contributed by atoms with Crippen molar-refractivity contribution in [3.63, 3.8) is 0 Å². The van der Waals surface area contributed by atoms with Crippen molar-refractivity contribution in [1.82, 2.24) is 14.1 Å². The Balaban J connectivity index is 1.10. The lowest BCUT2D eigenvalue weighted by molar-refractivity contribution is -0.154. The van der Waals surface area contributed by atoms with Crippen LogP contribution in [0.1, 0.15) is 29.0 Å². The van der Waals surface area contributed by atoms with E-state index in [2.05, 4.69) is 10.8 Å². The highest BCUT2D eigenvalue weighted by molar-refractivity contribution is 7.89. The SMILES string of the molecule is C#Cc1ccc([C@H]2C=C(C(=O)N3CCN(Cc4ccc5c(c4)OCO5)CC3)O[C@@H](OCCN(CCO)S(=O)(=O)c3ccc(OC)cc3)C2)cc1. The Hall–Kier alpha value is -4.58. The number of sulfonamides is 1. The first-order valence-electron chi connectivity index (χ1n) is 16.5. The van der Waals surface area contributed by atoms with Crippen LogP contribution in [0.4, 0.5) is 0 Å². The number of aliphatic hydroxyl groups excluding tert-OH is 1. The second-order valence-electron chi connectivity index (χ2n) is 12.1. The first-order valence-corrected chi connectivity index (χ1v) is 17.9. The van der Waals surface area contributed by atoms with Crippen molar-refractivity contribution >= 4 is 15.9 Å². The van der Waals surface area contributed by atoms with Crippen LogP contribution >= 0.6 is 0 Å². The molecule has 0 radical (unpaired) electrons. The minimum Gasteiger partial charge on any atom is -0.497 e. The monoisotopic (exact) mass is 703 g/mol. The van der Waals surface area contributed by atoms with Gasteiger partial charge in [0.05, 0.1) is 25.2 Å². The van der Waals surface area contributed by atoms with Crippen LogP contribution in [0, 0.1) is 12.3 Å². The number of carbonyl (C=O) groups excluding carboxylic acids is 1. The number of piperazine rings is 1. The molecule has 1 fully saturated rings. The topological polar surface area (TPSA) is 127 Å². The van der Waals surface area contributed by atoms with Crippen molar-refractivity contribution in [3.8, 4) is 29.6 Å². The Labute approximate surface area is 292 Å². The molecule has 3 aromatic carbocycles. The maximum absolute atomic E-state index is 13.8. The quantitative estimate of drug-likeness (QED) is 0.266. The van der Waals surface area contributed by atoms with Gasteiger partial charge in [-0.2, -0.15) is 4.31 Å². The highest BCUT2D eigenvalue weighted by Crippen LogP contribution is 2.34. The maximum Gasteiger partial charge on any atom is 0.288 e. The Morgan fingerprint density at radius 1 is 1.00 bits per heavy atom. The summed E-state index contributed by atoms with van der Waals surface area (Å²) in [6, 6.07) is 19.6. The largest absolute Gasteiger partial charge is 0.497 e. The summed E-state index contributed by atoms with van der Waals surface area (Å²) in [5, 5.41) is 9.65. The number of hydrogen-bond donors (Lipinski definition) is 1. The number of hydrogen-bond acceptors (Lipinski definition) is 10. The van der Waals surface area contributed by atoms with Gasteiger partial charge < -0.3 is 33.7 Å². The van der Waals surface area contributed by atoms with E-state index in [-0.39, 0.29) is 55.6 Å². The van der Waals surface area contributed by atoms with Gasteiger partial charge in [-0.3, -0.25) is 9.69 Å². The van der Waals surface area contributed by atoms with Crippen molar-refractivity contribution in [2.24, 2.45) is 0 Å². The molecule has 3 aliphatic rings. The van der Waals surface area contributed by atoms with Crippen LogP contribution in [0.15, 0.2) is 83.5 Å². The first-order chi connectivity index (χ1) is 24.3. The molecule has 13 heteroatoms. The molecule has 3 aromatic rings. The number of amides is 1. The van der Waals surface area contributed by atoms with E-state index in [9.17, 15) is 18.3 Å². The lowest BCUT2D eigenvalue weighted by Crippen LogP contribution is -2.49. The molecule has 1 N–H and O–H groups in total. The van der Waals surface area contributed by atoms with E-state index < -0.39 is 16.3 Å². The summed E-state index contributed by atoms with van der Waals surface area (Å²) in [6.07, 6.45) is 6.98. The number of allylic oxidation sites excluding steroid dienone is 1. The normalized spacial score (nSPS) is 19.1. The molecular formula is C37H41N3O9S. The fourth-order valence-corrected chi connectivity index (χ4v) is 7.59. The molecule has 0 aliphatic carbocycles. The van der Waals surface area contributed by atoms with E-state index in [1.165, 1.54) is 23.5 Å². The third-order valence-corrected chi connectivity index (χ3v) is 10.9. The summed E-state index contributed by atoms with van der Waals surface area (Å²) < 4.78 is 56.3. The van der Waals surface area contributed by atoms with Crippen LogP contribution in [-0.4, -0.2) is 106 Å². The maximum atomic E-state index is 13.8. The van der Waals surface area contributed by atoms with Crippen LogP contribution in [0.25, 0.3) is 0 Å². The molecule has 0 bridgehead atoms. The van der Waals surface area contributed by atoms with Gasteiger partial charge in [-0.25, -0.2) is 8.42 Å². The highest BCUT2D eigenvalue weighted by Gasteiger charge is 2.33. The van der Waals surface area contributed by atoms with Gasteiger partial charge in [0, 0.05) is 63.7 Å². The van der Waals surface area contributed by atoms with Crippen molar-refractivity contribution in [3.05, 3.63) is 95.3 Å². The summed E-state index contributed by atoms with van der Waals surface area (Å²) in [5.41, 5.74) is 2.80. The fourth-order valence-electron chi connectivity index (χ4n) is 6.18. The molecule has 264 valence electrons. The van der Waals surface area contributed by atoms with Gasteiger partial charge in [0.2, 0.25) is 23.1 Å². The number of rotatable bonds is 13. The molecule has 0 aromatic heterocycles. The van der Waals surface area contributed by atoms with Gasteiger partial charge in [-0.05, 0) is 65.7 Å². The van der Waals surface area contributed by atoms with Crippen molar-refractivity contribution < 1.29 is 42.0 Å². The zero-order valence-electron chi connectivity index (χ0n) is 27.9. The van der Waals surface area contributed by atoms with Gasteiger partial charge in [-0.15, -0.1) is 6.42 Å². The molecule has 0 spiro atoms. The average molecular weight is 704 g/mol. The van der Waals surface area contributed by atoms with E-state index in [1.54, 1.807) is 17.0 Å². The number of aliphatic hydroxyl groups is 1. The third-order valence-electron chi connectivity index (χ3n) is 8.97. The van der Waals surface area contributed by atoms with Gasteiger partial charge >= 0.3 is 0 Å². The second kappa shape index (κ2) is 16.0. The molecule has 0 unspecified atom stereocenters. The molecule has 50 heavy (non-hydrogen) atoms. The van der Waals surface area contributed by atoms with Gasteiger partial charge in [-0.1, -0.05) is 24.1 Å². The van der Waals surface area contributed by atoms with E-state index in [4.69, 9.17) is 30.1 Å².